The van der Waals surface area contributed by atoms with Gasteiger partial charge in [-0.15, -0.1) is 0 Å². The summed E-state index contributed by atoms with van der Waals surface area (Å²) >= 11 is 0. The van der Waals surface area contributed by atoms with E-state index in [-0.39, 0.29) is 24.5 Å². The van der Waals surface area contributed by atoms with E-state index in [1.807, 2.05) is 0 Å². The number of hydrogen-bond acceptors (Lipinski definition) is 4. The lowest BCUT2D eigenvalue weighted by Gasteiger charge is -2.41. The van der Waals surface area contributed by atoms with Crippen LogP contribution in [0.25, 0.3) is 0 Å². The fourth-order valence-electron chi connectivity index (χ4n) is 3.62. The highest BCUT2D eigenvalue weighted by Crippen LogP contribution is 2.39. The van der Waals surface area contributed by atoms with Gasteiger partial charge in [-0.25, -0.2) is 0 Å². The molecule has 2 aliphatic rings. The summed E-state index contributed by atoms with van der Waals surface area (Å²) in [6.45, 7) is 1.44. The molecule has 0 saturated carbocycles. The molecule has 1 saturated heterocycles. The molecule has 2 aromatic rings. The van der Waals surface area contributed by atoms with E-state index in [0.717, 1.165) is 0 Å². The van der Waals surface area contributed by atoms with Gasteiger partial charge in [0.25, 0.3) is 11.8 Å². The smallest absolute Gasteiger partial charge is 0.271 e. The van der Waals surface area contributed by atoms with E-state index < -0.39 is 17.5 Å². The van der Waals surface area contributed by atoms with Gasteiger partial charge in [0.15, 0.2) is 5.78 Å². The molecule has 0 radical (unpaired) electrons. The maximum absolute atomic E-state index is 13.1. The number of amides is 3. The topological polar surface area (TPSA) is 95.6 Å². The maximum Gasteiger partial charge on any atom is 0.271 e. The van der Waals surface area contributed by atoms with Crippen molar-refractivity contribution >= 4 is 34.9 Å². The first-order valence-electron chi connectivity index (χ1n) is 8.59. The fraction of sp³-hybridized carbons (Fsp3) is 0.200. The number of para-hydroxylation sites is 1. The molecule has 136 valence electrons. The molecule has 3 amide bonds. The van der Waals surface area contributed by atoms with Crippen LogP contribution in [0.5, 0.6) is 0 Å². The fourth-order valence-corrected chi connectivity index (χ4v) is 3.62. The molecular weight excluding hydrogens is 346 g/mol. The molecule has 2 heterocycles. The predicted octanol–water partition coefficient (Wildman–Crippen LogP) is 2.09. The third kappa shape index (κ3) is 2.59. The van der Waals surface area contributed by atoms with Gasteiger partial charge in [0.2, 0.25) is 11.6 Å². The van der Waals surface area contributed by atoms with Crippen LogP contribution < -0.4 is 15.5 Å². The Morgan fingerprint density at radius 1 is 1.11 bits per heavy atom. The molecule has 4 rings (SSSR count). The second kappa shape index (κ2) is 6.05. The van der Waals surface area contributed by atoms with Crippen molar-refractivity contribution in [2.45, 2.75) is 25.4 Å². The Morgan fingerprint density at radius 2 is 1.89 bits per heavy atom. The van der Waals surface area contributed by atoms with Crippen LogP contribution in [0.3, 0.4) is 0 Å². The molecule has 0 aliphatic carbocycles. The number of nitrogens with one attached hydrogen (secondary N) is 2. The molecule has 1 atom stereocenters. The second-order valence-corrected chi connectivity index (χ2v) is 6.65. The summed E-state index contributed by atoms with van der Waals surface area (Å²) in [5.41, 5.74) is 0.192. The van der Waals surface area contributed by atoms with Crippen molar-refractivity contribution in [3.05, 3.63) is 59.7 Å². The summed E-state index contributed by atoms with van der Waals surface area (Å²) in [5, 5.41) is 5.46. The minimum atomic E-state index is -1.48. The third-order valence-corrected chi connectivity index (χ3v) is 4.94. The van der Waals surface area contributed by atoms with Crippen molar-refractivity contribution in [3.63, 3.8) is 0 Å². The van der Waals surface area contributed by atoms with E-state index in [1.54, 1.807) is 48.5 Å². The number of hydrogen-bond donors (Lipinski definition) is 2. The van der Waals surface area contributed by atoms with E-state index in [0.29, 0.717) is 22.5 Å². The molecule has 1 fully saturated rings. The van der Waals surface area contributed by atoms with Crippen molar-refractivity contribution in [2.24, 2.45) is 0 Å². The first-order valence-corrected chi connectivity index (χ1v) is 8.59. The summed E-state index contributed by atoms with van der Waals surface area (Å²) in [6.07, 6.45) is 0.319. The molecule has 0 spiro atoms. The first kappa shape index (κ1) is 17.0. The Bertz CT molecular complexity index is 1000. The molecule has 7 heteroatoms. The Morgan fingerprint density at radius 3 is 2.67 bits per heavy atom. The minimum Gasteiger partial charge on any atom is -0.322 e. The predicted molar refractivity (Wildman–Crippen MR) is 98.4 cm³/mol. The average Bonchev–Trinajstić information content (AvgIpc) is 3.00. The quantitative estimate of drug-likeness (QED) is 0.817. The van der Waals surface area contributed by atoms with Crippen molar-refractivity contribution in [1.82, 2.24) is 5.32 Å². The molecular formula is C20H17N3O4. The van der Waals surface area contributed by atoms with Gasteiger partial charge >= 0.3 is 0 Å². The van der Waals surface area contributed by atoms with Crippen LogP contribution in [0.1, 0.15) is 40.5 Å². The van der Waals surface area contributed by atoms with Crippen LogP contribution in [-0.2, 0) is 9.59 Å². The van der Waals surface area contributed by atoms with Crippen LogP contribution in [0.2, 0.25) is 0 Å². The average molecular weight is 363 g/mol. The highest BCUT2D eigenvalue weighted by Gasteiger charge is 2.56. The highest BCUT2D eigenvalue weighted by molar-refractivity contribution is 6.18. The largest absolute Gasteiger partial charge is 0.322 e. The van der Waals surface area contributed by atoms with Gasteiger partial charge in [0, 0.05) is 24.1 Å². The zero-order valence-corrected chi connectivity index (χ0v) is 14.6. The van der Waals surface area contributed by atoms with Gasteiger partial charge in [-0.1, -0.05) is 24.3 Å². The zero-order chi connectivity index (χ0) is 19.2. The van der Waals surface area contributed by atoms with Crippen LogP contribution in [0.4, 0.5) is 11.4 Å². The standard InChI is InChI=1S/C20H17N3O4/c1-12(24)13-5-4-6-14(11-13)21-19(27)20-10-9-17(25)23(20)16-8-3-2-7-15(16)18(26)22-20/h2-8,11H,9-10H2,1H3,(H,21,27)(H,22,26)/t20-/m0/s1. The number of anilines is 2. The van der Waals surface area contributed by atoms with Gasteiger partial charge in [-0.2, -0.15) is 0 Å². The lowest BCUT2D eigenvalue weighted by Crippen LogP contribution is -2.68. The number of carbonyl (C=O) groups excluding carboxylic acids is 4. The summed E-state index contributed by atoms with van der Waals surface area (Å²) < 4.78 is 0. The zero-order valence-electron chi connectivity index (χ0n) is 14.6. The number of Topliss-reactive ketones (excluding diaryl/α,β-unsaturated/α-hetero) is 1. The number of benzene rings is 2. The number of carbonyl (C=O) groups is 4. The summed E-state index contributed by atoms with van der Waals surface area (Å²) in [6, 6.07) is 13.2. The molecule has 0 bridgehead atoms. The Hall–Kier alpha value is -3.48. The van der Waals surface area contributed by atoms with E-state index in [4.69, 9.17) is 0 Å². The van der Waals surface area contributed by atoms with Crippen molar-refractivity contribution < 1.29 is 19.2 Å². The van der Waals surface area contributed by atoms with Crippen LogP contribution >= 0.6 is 0 Å². The Kier molecular flexibility index (Phi) is 3.80. The molecule has 27 heavy (non-hydrogen) atoms. The van der Waals surface area contributed by atoms with Gasteiger partial charge in [-0.3, -0.25) is 24.1 Å². The molecule has 2 aromatic carbocycles. The normalized spacial score (nSPS) is 20.6. The third-order valence-electron chi connectivity index (χ3n) is 4.94. The molecule has 2 aliphatic heterocycles. The number of fused-ring (bicyclic) bond motifs is 3. The highest BCUT2D eigenvalue weighted by atomic mass is 16.2. The van der Waals surface area contributed by atoms with Crippen molar-refractivity contribution in [2.75, 3.05) is 10.2 Å². The van der Waals surface area contributed by atoms with Gasteiger partial charge in [-0.05, 0) is 31.2 Å². The maximum atomic E-state index is 13.1. The first-order chi connectivity index (χ1) is 12.9. The molecule has 0 aromatic heterocycles. The molecule has 7 nitrogen and oxygen atoms in total. The lowest BCUT2D eigenvalue weighted by atomic mass is 9.98. The molecule has 0 unspecified atom stereocenters. The number of ketones is 1. The van der Waals surface area contributed by atoms with Crippen molar-refractivity contribution in [1.29, 1.82) is 0 Å². The van der Waals surface area contributed by atoms with E-state index in [1.165, 1.54) is 11.8 Å². The Labute approximate surface area is 155 Å². The van der Waals surface area contributed by atoms with Crippen molar-refractivity contribution in [3.8, 4) is 0 Å². The van der Waals surface area contributed by atoms with Gasteiger partial charge in [0.1, 0.15) is 0 Å². The van der Waals surface area contributed by atoms with Gasteiger partial charge < -0.3 is 10.6 Å². The monoisotopic (exact) mass is 363 g/mol. The summed E-state index contributed by atoms with van der Waals surface area (Å²) in [5.74, 6) is -1.27. The van der Waals surface area contributed by atoms with Crippen LogP contribution in [0.15, 0.2) is 48.5 Å². The van der Waals surface area contributed by atoms with Crippen LogP contribution in [0, 0.1) is 0 Å². The van der Waals surface area contributed by atoms with E-state index in [9.17, 15) is 19.2 Å². The van der Waals surface area contributed by atoms with Gasteiger partial charge in [0.05, 0.1) is 11.3 Å². The number of nitrogens with zero attached hydrogens (tertiary/aromatic N) is 1. The van der Waals surface area contributed by atoms with Crippen LogP contribution in [-0.4, -0.2) is 29.2 Å². The summed E-state index contributed by atoms with van der Waals surface area (Å²) in [4.78, 5) is 51.2. The molecule has 2 N–H and O–H groups in total. The minimum absolute atomic E-state index is 0.123. The SMILES string of the molecule is CC(=O)c1cccc(NC(=O)[C@]23CCC(=O)N2c2ccccc2C(=O)N3)c1. The van der Waals surface area contributed by atoms with E-state index >= 15 is 0 Å². The Balaban J connectivity index is 1.72. The lowest BCUT2D eigenvalue weighted by molar-refractivity contribution is -0.124. The van der Waals surface area contributed by atoms with E-state index in [2.05, 4.69) is 10.6 Å². The number of rotatable bonds is 3. The summed E-state index contributed by atoms with van der Waals surface area (Å²) in [7, 11) is 0. The second-order valence-electron chi connectivity index (χ2n) is 6.65.